The number of hydrogen-bond acceptors (Lipinski definition) is 4. The average Bonchev–Trinajstić information content (AvgIpc) is 3.27. The molecule has 140 valence electrons. The Morgan fingerprint density at radius 1 is 1.44 bits per heavy atom. The van der Waals surface area contributed by atoms with Crippen LogP contribution in [-0.4, -0.2) is 43.1 Å². The van der Waals surface area contributed by atoms with E-state index in [1.807, 2.05) is 14.0 Å². The standard InChI is InChI=1S/C19H32N4OS/c1-13(24-4)18-21-15(12-25-18)11-23(3)19(20-2)22-17-10-16(17)14-8-6-5-7-9-14/h12-14,16-17H,5-11H2,1-4H3,(H,20,22). The number of guanidine groups is 1. The van der Waals surface area contributed by atoms with Crippen LogP contribution in [0.15, 0.2) is 10.4 Å². The highest BCUT2D eigenvalue weighted by molar-refractivity contribution is 7.09. The van der Waals surface area contributed by atoms with Crippen molar-refractivity contribution in [3.05, 3.63) is 16.1 Å². The van der Waals surface area contributed by atoms with Crippen LogP contribution in [0, 0.1) is 11.8 Å². The molecule has 6 heteroatoms. The quantitative estimate of drug-likeness (QED) is 0.616. The van der Waals surface area contributed by atoms with Crippen molar-refractivity contribution in [1.82, 2.24) is 15.2 Å². The largest absolute Gasteiger partial charge is 0.375 e. The number of thiazole rings is 1. The number of aliphatic imine (C=N–C) groups is 1. The molecule has 1 N–H and O–H groups in total. The second kappa shape index (κ2) is 8.49. The first-order chi connectivity index (χ1) is 12.1. The van der Waals surface area contributed by atoms with Crippen molar-refractivity contribution in [2.75, 3.05) is 21.2 Å². The van der Waals surface area contributed by atoms with E-state index in [1.54, 1.807) is 18.4 Å². The van der Waals surface area contributed by atoms with Crippen molar-refractivity contribution in [2.24, 2.45) is 16.8 Å². The van der Waals surface area contributed by atoms with Gasteiger partial charge in [-0.2, -0.15) is 0 Å². The van der Waals surface area contributed by atoms with Gasteiger partial charge in [-0.25, -0.2) is 4.98 Å². The van der Waals surface area contributed by atoms with Crippen LogP contribution in [0.5, 0.6) is 0 Å². The number of rotatable bonds is 6. The summed E-state index contributed by atoms with van der Waals surface area (Å²) in [6.45, 7) is 2.80. The Morgan fingerprint density at radius 3 is 2.88 bits per heavy atom. The summed E-state index contributed by atoms with van der Waals surface area (Å²) in [6.07, 6.45) is 8.51. The van der Waals surface area contributed by atoms with E-state index >= 15 is 0 Å². The molecule has 25 heavy (non-hydrogen) atoms. The minimum atomic E-state index is 0.0595. The first-order valence-corrected chi connectivity index (χ1v) is 10.4. The zero-order chi connectivity index (χ0) is 17.8. The molecule has 1 aromatic rings. The first-order valence-electron chi connectivity index (χ1n) is 9.54. The van der Waals surface area contributed by atoms with Gasteiger partial charge in [0.1, 0.15) is 11.1 Å². The summed E-state index contributed by atoms with van der Waals surface area (Å²) < 4.78 is 5.35. The Bertz CT molecular complexity index is 582. The molecule has 2 saturated carbocycles. The molecule has 0 bridgehead atoms. The van der Waals surface area contributed by atoms with Crippen molar-refractivity contribution in [2.45, 2.75) is 64.1 Å². The molecule has 2 fully saturated rings. The van der Waals surface area contributed by atoms with Crippen molar-refractivity contribution < 1.29 is 4.74 Å². The molecule has 0 amide bonds. The van der Waals surface area contributed by atoms with Gasteiger partial charge >= 0.3 is 0 Å². The van der Waals surface area contributed by atoms with Crippen molar-refractivity contribution in [3.8, 4) is 0 Å². The Balaban J connectivity index is 1.50. The van der Waals surface area contributed by atoms with Gasteiger partial charge in [-0.05, 0) is 25.2 Å². The summed E-state index contributed by atoms with van der Waals surface area (Å²) in [6, 6.07) is 0.615. The fraction of sp³-hybridized carbons (Fsp3) is 0.789. The summed E-state index contributed by atoms with van der Waals surface area (Å²) in [7, 11) is 5.68. The van der Waals surface area contributed by atoms with E-state index in [0.717, 1.165) is 35.0 Å². The van der Waals surface area contributed by atoms with Gasteiger partial charge in [0.15, 0.2) is 5.96 Å². The van der Waals surface area contributed by atoms with E-state index in [1.165, 1.54) is 38.5 Å². The first kappa shape index (κ1) is 18.6. The molecular weight excluding hydrogens is 332 g/mol. The van der Waals surface area contributed by atoms with Crippen LogP contribution in [0.4, 0.5) is 0 Å². The summed E-state index contributed by atoms with van der Waals surface area (Å²) in [5.74, 6) is 2.78. The number of hydrogen-bond donors (Lipinski definition) is 1. The van der Waals surface area contributed by atoms with E-state index in [-0.39, 0.29) is 6.10 Å². The fourth-order valence-electron chi connectivity index (χ4n) is 3.98. The minimum Gasteiger partial charge on any atom is -0.375 e. The van der Waals surface area contributed by atoms with Crippen LogP contribution >= 0.6 is 11.3 Å². The van der Waals surface area contributed by atoms with E-state index < -0.39 is 0 Å². The molecule has 2 aliphatic rings. The summed E-state index contributed by atoms with van der Waals surface area (Å²) >= 11 is 1.67. The van der Waals surface area contributed by atoms with Crippen LogP contribution < -0.4 is 5.32 Å². The average molecular weight is 365 g/mol. The lowest BCUT2D eigenvalue weighted by Gasteiger charge is -2.24. The number of nitrogens with one attached hydrogen (secondary N) is 1. The van der Waals surface area contributed by atoms with Crippen LogP contribution in [0.3, 0.4) is 0 Å². The molecule has 1 heterocycles. The van der Waals surface area contributed by atoms with Gasteiger partial charge in [-0.3, -0.25) is 4.99 Å². The monoisotopic (exact) mass is 364 g/mol. The van der Waals surface area contributed by atoms with Gasteiger partial charge in [0.2, 0.25) is 0 Å². The third-order valence-electron chi connectivity index (χ3n) is 5.65. The van der Waals surface area contributed by atoms with Crippen LogP contribution in [-0.2, 0) is 11.3 Å². The molecule has 3 rings (SSSR count). The van der Waals surface area contributed by atoms with E-state index in [2.05, 4.69) is 32.6 Å². The van der Waals surface area contributed by atoms with Crippen LogP contribution in [0.25, 0.3) is 0 Å². The van der Waals surface area contributed by atoms with Gasteiger partial charge < -0.3 is 15.0 Å². The van der Waals surface area contributed by atoms with Gasteiger partial charge in [0.05, 0.1) is 12.2 Å². The summed E-state index contributed by atoms with van der Waals surface area (Å²) in [5.41, 5.74) is 1.08. The normalized spacial score (nSPS) is 25.7. The van der Waals surface area contributed by atoms with E-state index in [9.17, 15) is 0 Å². The predicted molar refractivity (Wildman–Crippen MR) is 104 cm³/mol. The van der Waals surface area contributed by atoms with Crippen LogP contribution in [0.1, 0.15) is 62.3 Å². The zero-order valence-electron chi connectivity index (χ0n) is 16.0. The SMILES string of the molecule is CN=C(NC1CC1C1CCCCC1)N(C)Cc1csc(C(C)OC)n1. The molecule has 5 nitrogen and oxygen atoms in total. The lowest BCUT2D eigenvalue weighted by molar-refractivity contribution is 0.119. The Hall–Kier alpha value is -1.14. The maximum absolute atomic E-state index is 5.35. The van der Waals surface area contributed by atoms with E-state index in [0.29, 0.717) is 6.04 Å². The van der Waals surface area contributed by atoms with Gasteiger partial charge in [-0.15, -0.1) is 11.3 Å². The lowest BCUT2D eigenvalue weighted by Crippen LogP contribution is -2.40. The predicted octanol–water partition coefficient (Wildman–Crippen LogP) is 3.83. The fourth-order valence-corrected chi connectivity index (χ4v) is 4.82. The molecular formula is C19H32N4OS. The lowest BCUT2D eigenvalue weighted by atomic mass is 9.85. The third-order valence-corrected chi connectivity index (χ3v) is 6.71. The molecule has 2 aliphatic carbocycles. The molecule has 1 aromatic heterocycles. The second-order valence-electron chi connectivity index (χ2n) is 7.51. The number of methoxy groups -OCH3 is 1. The van der Waals surface area contributed by atoms with Gasteiger partial charge in [0.25, 0.3) is 0 Å². The highest BCUT2D eigenvalue weighted by atomic mass is 32.1. The number of ether oxygens (including phenoxy) is 1. The maximum atomic E-state index is 5.35. The third kappa shape index (κ3) is 4.73. The van der Waals surface area contributed by atoms with Crippen molar-refractivity contribution in [1.29, 1.82) is 0 Å². The Kier molecular flexibility index (Phi) is 6.34. The minimum absolute atomic E-state index is 0.0595. The summed E-state index contributed by atoms with van der Waals surface area (Å²) in [5, 5.41) is 6.83. The topological polar surface area (TPSA) is 49.8 Å². The second-order valence-corrected chi connectivity index (χ2v) is 8.40. The number of nitrogens with zero attached hydrogens (tertiary/aromatic N) is 3. The molecule has 0 aromatic carbocycles. The highest BCUT2D eigenvalue weighted by Gasteiger charge is 2.43. The van der Waals surface area contributed by atoms with Crippen LogP contribution in [0.2, 0.25) is 0 Å². The highest BCUT2D eigenvalue weighted by Crippen LogP contribution is 2.44. The Morgan fingerprint density at radius 2 is 2.20 bits per heavy atom. The molecule has 3 atom stereocenters. The molecule has 0 radical (unpaired) electrons. The molecule has 0 aliphatic heterocycles. The van der Waals surface area contributed by atoms with Gasteiger partial charge in [0, 0.05) is 32.6 Å². The molecule has 3 unspecified atom stereocenters. The smallest absolute Gasteiger partial charge is 0.193 e. The van der Waals surface area contributed by atoms with Gasteiger partial charge in [-0.1, -0.05) is 32.1 Å². The number of aromatic nitrogens is 1. The van der Waals surface area contributed by atoms with Crippen molar-refractivity contribution >= 4 is 17.3 Å². The van der Waals surface area contributed by atoms with E-state index in [4.69, 9.17) is 4.74 Å². The maximum Gasteiger partial charge on any atom is 0.193 e. The zero-order valence-corrected chi connectivity index (χ0v) is 16.8. The Labute approximate surface area is 155 Å². The molecule has 0 spiro atoms. The molecule has 0 saturated heterocycles. The summed E-state index contributed by atoms with van der Waals surface area (Å²) in [4.78, 5) is 11.3. The van der Waals surface area contributed by atoms with Crippen molar-refractivity contribution in [3.63, 3.8) is 0 Å².